The minimum atomic E-state index is -0.490. The highest BCUT2D eigenvalue weighted by molar-refractivity contribution is 8.01. The molecule has 104 heavy (non-hydrogen) atoms. The van der Waals surface area contributed by atoms with Crippen molar-refractivity contribution in [1.82, 2.24) is 29.5 Å². The zero-order valence-electron chi connectivity index (χ0n) is 57.1. The molecule has 510 valence electrons. The summed E-state index contributed by atoms with van der Waals surface area (Å²) >= 11 is 6.18. The van der Waals surface area contributed by atoms with E-state index in [9.17, 15) is 35.0 Å². The average molecular weight is 1440 g/mol. The van der Waals surface area contributed by atoms with E-state index in [0.29, 0.717) is 59.0 Å². The first-order chi connectivity index (χ1) is 50.5. The van der Waals surface area contributed by atoms with Crippen molar-refractivity contribution >= 4 is 138 Å². The Bertz CT molecular complexity index is 6010. The molecule has 8 aromatic heterocycles. The number of thioether (sulfide) groups is 1. The van der Waals surface area contributed by atoms with E-state index in [1.165, 1.54) is 30.2 Å². The van der Waals surface area contributed by atoms with Gasteiger partial charge in [0.15, 0.2) is 11.5 Å². The van der Waals surface area contributed by atoms with Gasteiger partial charge in [0.05, 0.1) is 84.4 Å². The van der Waals surface area contributed by atoms with Gasteiger partial charge < -0.3 is 14.2 Å². The maximum Gasteiger partial charge on any atom is 0.348 e. The molecule has 0 aliphatic carbocycles. The summed E-state index contributed by atoms with van der Waals surface area (Å²) in [7, 11) is 1.39. The maximum atomic E-state index is 12.1. The quantitative estimate of drug-likeness (QED) is 0.0525. The van der Waals surface area contributed by atoms with E-state index >= 15 is 0 Å². The number of Topliss-reactive ketones (excluding diaryl/α,β-unsaturated/α-hetero) is 1. The third-order valence-electron chi connectivity index (χ3n) is 17.1. The number of carbonyl (C=O) groups excluding carboxylic acids is 4. The number of aromatic nitrogens is 6. The average Bonchev–Trinajstić information content (AvgIpc) is 1.39. The van der Waals surface area contributed by atoms with Crippen LogP contribution in [-0.4, -0.2) is 78.3 Å². The van der Waals surface area contributed by atoms with Gasteiger partial charge in [0.2, 0.25) is 0 Å². The summed E-state index contributed by atoms with van der Waals surface area (Å²) in [6.07, 6.45) is 14.2. The third-order valence-corrected chi connectivity index (χ3v) is 22.0. The van der Waals surface area contributed by atoms with E-state index in [-0.39, 0.29) is 30.1 Å². The van der Waals surface area contributed by atoms with Gasteiger partial charge >= 0.3 is 17.9 Å². The largest absolute Gasteiger partial charge is 0.469 e. The first-order valence-electron chi connectivity index (χ1n) is 32.9. The summed E-state index contributed by atoms with van der Waals surface area (Å²) in [4.78, 5) is 63.9. The van der Waals surface area contributed by atoms with Gasteiger partial charge in [0.1, 0.15) is 10.7 Å². The SMILES string of the molecule is CC(=O)C(C)(C)Sc1ccc2nnc(-c3ccc(C#N)cc3)n2c1.CCOC(=O)CCc1cc2cncc(-c3ccc(C#N)c4ccccc34)c2s1.CCOC(=O)c1cc2cncc(-c3ccc(C#N)c4ccccc34)c2s1.COC(=O)Cc1cc2cncc(-c3ccc(C#N)c4ccccc34)c2s1. The van der Waals surface area contributed by atoms with E-state index in [1.807, 2.05) is 208 Å². The number of hydrogen-bond acceptors (Lipinski definition) is 20. The molecule has 15 aromatic rings. The van der Waals surface area contributed by atoms with Crippen LogP contribution in [-0.2, 0) is 41.4 Å². The van der Waals surface area contributed by atoms with E-state index < -0.39 is 4.75 Å². The second kappa shape index (κ2) is 32.1. The van der Waals surface area contributed by atoms with Gasteiger partial charge in [0, 0.05) is 127 Å². The topological polar surface area (TPSA) is 260 Å². The molecule has 8 heterocycles. The minimum absolute atomic E-state index is 0.128. The number of benzene rings is 7. The molecule has 0 saturated heterocycles. The molecule has 0 aliphatic rings. The van der Waals surface area contributed by atoms with Crippen LogP contribution in [0.5, 0.6) is 0 Å². The lowest BCUT2D eigenvalue weighted by atomic mass is 9.96. The van der Waals surface area contributed by atoms with Crippen LogP contribution in [0.15, 0.2) is 212 Å². The molecule has 0 N–H and O–H groups in total. The Morgan fingerprint density at radius 2 is 0.981 bits per heavy atom. The number of nitrogens with zero attached hydrogens (tertiary/aromatic N) is 10. The van der Waals surface area contributed by atoms with E-state index in [1.54, 1.807) is 54.9 Å². The molecule has 17 nitrogen and oxygen atoms in total. The number of ether oxygens (including phenoxy) is 3. The molecule has 0 atom stereocenters. The molecule has 0 fully saturated rings. The van der Waals surface area contributed by atoms with Crippen LogP contribution < -0.4 is 0 Å². The monoisotopic (exact) mass is 1440 g/mol. The van der Waals surface area contributed by atoms with Crippen LogP contribution in [0.3, 0.4) is 0 Å². The Morgan fingerprint density at radius 3 is 1.45 bits per heavy atom. The molecule has 0 unspecified atom stereocenters. The number of esters is 3. The zero-order valence-corrected chi connectivity index (χ0v) is 60.4. The highest BCUT2D eigenvalue weighted by Gasteiger charge is 2.26. The normalized spacial score (nSPS) is 10.9. The number of thiophene rings is 3. The highest BCUT2D eigenvalue weighted by Crippen LogP contribution is 2.43. The number of aryl methyl sites for hydroxylation is 1. The number of nitriles is 4. The number of ketones is 1. The Hall–Kier alpha value is -12.3. The van der Waals surface area contributed by atoms with Crippen molar-refractivity contribution in [1.29, 1.82) is 21.0 Å². The van der Waals surface area contributed by atoms with Gasteiger partial charge in [0.25, 0.3) is 0 Å². The van der Waals surface area contributed by atoms with Crippen LogP contribution in [0.2, 0.25) is 0 Å². The Morgan fingerprint density at radius 1 is 0.510 bits per heavy atom. The number of pyridine rings is 4. The number of carbonyl (C=O) groups is 4. The van der Waals surface area contributed by atoms with Crippen LogP contribution in [0, 0.1) is 45.3 Å². The predicted octanol–water partition coefficient (Wildman–Crippen LogP) is 19.1. The van der Waals surface area contributed by atoms with E-state index in [0.717, 1.165) is 122 Å². The summed E-state index contributed by atoms with van der Waals surface area (Å²) in [5.74, 6) is 0.0943. The van der Waals surface area contributed by atoms with E-state index in [2.05, 4.69) is 55.5 Å². The molecule has 0 saturated carbocycles. The van der Waals surface area contributed by atoms with Gasteiger partial charge in [-0.05, 0) is 147 Å². The molecular formula is C83H62N10O7S4. The van der Waals surface area contributed by atoms with Crippen LogP contribution in [0.1, 0.15) is 82.7 Å². The second-order valence-corrected chi connectivity index (χ2v) is 29.1. The fourth-order valence-electron chi connectivity index (χ4n) is 11.8. The number of methoxy groups -OCH3 is 1. The molecule has 7 aromatic carbocycles. The lowest BCUT2D eigenvalue weighted by Crippen LogP contribution is -2.24. The third kappa shape index (κ3) is 15.4. The fourth-order valence-corrected chi connectivity index (χ4v) is 16.2. The number of rotatable bonds is 15. The predicted molar refractivity (Wildman–Crippen MR) is 412 cm³/mol. The molecule has 0 spiro atoms. The van der Waals surface area contributed by atoms with Crippen molar-refractivity contribution in [3.8, 4) is 69.0 Å². The van der Waals surface area contributed by atoms with Gasteiger partial charge in [-0.3, -0.25) is 33.7 Å². The lowest BCUT2D eigenvalue weighted by molar-refractivity contribution is -0.143. The van der Waals surface area contributed by atoms with Crippen molar-refractivity contribution in [3.63, 3.8) is 0 Å². The molecular weight excluding hydrogens is 1380 g/mol. The molecule has 15 rings (SSSR count). The van der Waals surface area contributed by atoms with E-state index in [4.69, 9.17) is 19.5 Å². The van der Waals surface area contributed by atoms with Crippen molar-refractivity contribution in [3.05, 3.63) is 244 Å². The molecule has 0 radical (unpaired) electrons. The number of fused-ring (bicyclic) bond motifs is 7. The molecule has 21 heteroatoms. The molecule has 0 aliphatic heterocycles. The summed E-state index contributed by atoms with van der Waals surface area (Å²) in [6, 6.07) is 61.0. The van der Waals surface area contributed by atoms with Crippen molar-refractivity contribution in [2.75, 3.05) is 20.3 Å². The smallest absolute Gasteiger partial charge is 0.348 e. The second-order valence-electron chi connectivity index (χ2n) is 24.1. The summed E-state index contributed by atoms with van der Waals surface area (Å²) in [5, 5.41) is 54.3. The van der Waals surface area contributed by atoms with Crippen molar-refractivity contribution in [2.45, 2.75) is 63.5 Å². The van der Waals surface area contributed by atoms with Crippen LogP contribution in [0.4, 0.5) is 0 Å². The van der Waals surface area contributed by atoms with Crippen molar-refractivity contribution in [2.24, 2.45) is 0 Å². The van der Waals surface area contributed by atoms with Gasteiger partial charge in [-0.15, -0.1) is 56.0 Å². The summed E-state index contributed by atoms with van der Waals surface area (Å²) in [5.41, 5.74) is 10.3. The lowest BCUT2D eigenvalue weighted by Gasteiger charge is -2.20. The standard InChI is InChI=1S/C23H18N2O2S.2C21H14N2O2S.C18H16N4OS/c1-2-27-22(26)10-8-17-11-16-13-25-14-21(23(16)28-17)20-9-7-15(12-24)18-5-3-4-6-19(18)20;1-25-20(24)9-15-8-14-11-23-12-19(21(14)26-15)18-7-6-13(10-22)16-4-2-3-5-17(16)18;1-2-25-21(24)19-9-14-11-23-12-18(20(14)26-19)17-8-7-13(10-22)15-5-3-4-6-16(15)17;1-12(23)18(2,3)24-15-8-9-16-20-21-17(22(16)11-15)14-6-4-13(10-19)5-7-14/h3-7,9,11,13-14H,2,8,10H2,1H3;2-8,11-12H,9H2,1H3;3-9,11-12H,2H2,1H3;4-9,11H,1-3H3. The molecule has 0 bridgehead atoms. The minimum Gasteiger partial charge on any atom is -0.469 e. The van der Waals surface area contributed by atoms with Gasteiger partial charge in [-0.25, -0.2) is 4.79 Å². The first-order valence-corrected chi connectivity index (χ1v) is 36.1. The zero-order chi connectivity index (χ0) is 73.0. The summed E-state index contributed by atoms with van der Waals surface area (Å²) in [6.45, 7) is 9.80. The Balaban J connectivity index is 0.000000131. The Kier molecular flexibility index (Phi) is 22.1. The van der Waals surface area contributed by atoms with Crippen LogP contribution in [0.25, 0.3) is 113 Å². The highest BCUT2D eigenvalue weighted by atomic mass is 32.2. The number of hydrogen-bond donors (Lipinski definition) is 0. The summed E-state index contributed by atoms with van der Waals surface area (Å²) < 4.78 is 19.5. The molecule has 0 amide bonds. The Labute approximate surface area is 614 Å². The van der Waals surface area contributed by atoms with Gasteiger partial charge in [-0.2, -0.15) is 21.0 Å². The van der Waals surface area contributed by atoms with Crippen molar-refractivity contribution < 1.29 is 33.4 Å². The maximum absolute atomic E-state index is 12.1. The fraction of sp³-hybridized carbons (Fsp3) is 0.145. The van der Waals surface area contributed by atoms with Crippen LogP contribution >= 0.6 is 45.8 Å². The first kappa shape index (κ1) is 71.5. The van der Waals surface area contributed by atoms with Gasteiger partial charge in [-0.1, -0.05) is 91.0 Å².